The van der Waals surface area contributed by atoms with E-state index in [9.17, 15) is 0 Å². The fourth-order valence-corrected chi connectivity index (χ4v) is 8.65. The maximum absolute atomic E-state index is 4.12. The molecule has 5 rings (SSSR count). The number of thiophene rings is 2. The largest absolute Gasteiger partial charge is 0.145 e. The highest BCUT2D eigenvalue weighted by Crippen LogP contribution is 2.29. The molecule has 0 nitrogen and oxygen atoms in total. The highest BCUT2D eigenvalue weighted by Gasteiger charge is 2.19. The van der Waals surface area contributed by atoms with Crippen molar-refractivity contribution in [3.05, 3.63) is 91.6 Å². The zero-order valence-corrected chi connectivity index (χ0v) is 26.2. The van der Waals surface area contributed by atoms with Gasteiger partial charge in [-0.05, 0) is 64.5 Å². The number of fused-ring (bicyclic) bond motifs is 2. The summed E-state index contributed by atoms with van der Waals surface area (Å²) in [6, 6.07) is 25.0. The predicted molar refractivity (Wildman–Crippen MR) is 163 cm³/mol. The van der Waals surface area contributed by atoms with Crippen molar-refractivity contribution in [1.29, 1.82) is 0 Å². The van der Waals surface area contributed by atoms with Gasteiger partial charge in [0.15, 0.2) is 0 Å². The van der Waals surface area contributed by atoms with Gasteiger partial charge in [-0.15, -0.1) is 35.3 Å². The Balaban J connectivity index is 0.000000142. The number of halogens is 3. The van der Waals surface area contributed by atoms with Crippen molar-refractivity contribution in [1.82, 2.24) is 0 Å². The molecule has 0 bridgehead atoms. The molecule has 0 fully saturated rings. The lowest BCUT2D eigenvalue weighted by atomic mass is 10.3. The zero-order chi connectivity index (χ0) is 23.3. The van der Waals surface area contributed by atoms with Crippen molar-refractivity contribution >= 4 is 116 Å². The van der Waals surface area contributed by atoms with Crippen LogP contribution in [-0.4, -0.2) is 8.07 Å². The van der Waals surface area contributed by atoms with Crippen LogP contribution in [0.4, 0.5) is 0 Å². The van der Waals surface area contributed by atoms with E-state index in [4.69, 9.17) is 0 Å². The van der Waals surface area contributed by atoms with E-state index >= 15 is 0 Å². The molecule has 166 valence electrons. The number of benzene rings is 3. The van der Waals surface area contributed by atoms with Gasteiger partial charge in [0.1, 0.15) is 0 Å². The second-order valence-corrected chi connectivity index (χ2v) is 18.6. The fourth-order valence-electron chi connectivity index (χ4n) is 2.83. The van der Waals surface area contributed by atoms with E-state index in [2.05, 4.69) is 134 Å². The summed E-state index contributed by atoms with van der Waals surface area (Å²) in [5.41, 5.74) is 0. The lowest BCUT2D eigenvalue weighted by Gasteiger charge is -2.11. The van der Waals surface area contributed by atoms with Gasteiger partial charge in [-0.25, -0.2) is 0 Å². The molecule has 0 aliphatic heterocycles. The molecule has 7 heteroatoms. The summed E-state index contributed by atoms with van der Waals surface area (Å²) >= 11 is 18.2. The van der Waals surface area contributed by atoms with Crippen molar-refractivity contribution in [3.63, 3.8) is 0 Å². The smallest absolute Gasteiger partial charge is 0.0904 e. The van der Waals surface area contributed by atoms with Crippen LogP contribution >= 0.6 is 83.1 Å². The van der Waals surface area contributed by atoms with E-state index in [0.29, 0.717) is 0 Å². The van der Waals surface area contributed by atoms with Crippen LogP contribution in [0.1, 0.15) is 0 Å². The van der Waals surface area contributed by atoms with Gasteiger partial charge in [0, 0.05) is 38.5 Å². The lowest BCUT2D eigenvalue weighted by molar-refractivity contribution is 1.45. The third kappa shape index (κ3) is 7.29. The summed E-state index contributed by atoms with van der Waals surface area (Å²) in [6.45, 7) is 7.18. The Kier molecular flexibility index (Phi) is 9.68. The zero-order valence-electron chi connectivity index (χ0n) is 17.9. The molecule has 0 unspecified atom stereocenters. The normalized spacial score (nSPS) is 11.0. The Morgan fingerprint density at radius 1 is 0.719 bits per heavy atom. The summed E-state index contributed by atoms with van der Waals surface area (Å²) in [7, 11) is -1.14. The van der Waals surface area contributed by atoms with Gasteiger partial charge in [-0.3, -0.25) is 0 Å². The minimum absolute atomic E-state index is 0.986. The van der Waals surface area contributed by atoms with Crippen LogP contribution in [0.3, 0.4) is 0 Å². The van der Waals surface area contributed by atoms with E-state index in [-0.39, 0.29) is 0 Å². The highest BCUT2D eigenvalue weighted by molar-refractivity contribution is 9.11. The van der Waals surface area contributed by atoms with Crippen LogP contribution in [0.25, 0.3) is 20.2 Å². The molecule has 0 N–H and O–H groups in total. The molecule has 0 amide bonds. The maximum Gasteiger partial charge on any atom is 0.0904 e. The van der Waals surface area contributed by atoms with Gasteiger partial charge in [0.2, 0.25) is 0 Å². The monoisotopic (exact) mass is 684 g/mol. The van der Waals surface area contributed by atoms with Crippen LogP contribution < -0.4 is 4.50 Å². The molecule has 5 aromatic rings. The van der Waals surface area contributed by atoms with Gasteiger partial charge in [0.25, 0.3) is 0 Å². The van der Waals surface area contributed by atoms with Crippen LogP contribution in [0.2, 0.25) is 19.6 Å². The first-order valence-corrected chi connectivity index (χ1v) is 17.9. The number of hydrogen-bond acceptors (Lipinski definition) is 3. The third-order valence-electron chi connectivity index (χ3n) is 4.50. The molecule has 0 saturated carbocycles. The standard InChI is InChI=1S/C11H13BrSSi.C8H5BrS.C6H5BrS/c1-14(2,3)11-7-8-9(12)5-4-6-10(8)13-11;9-7-2-1-3-8-6(7)4-5-10-8;7-5-2-1-3-6(8)4-5/h4-7H,1-3H3;1-5H;1-4,8H. The first-order valence-electron chi connectivity index (χ1n) is 9.90. The average molecular weight is 687 g/mol. The maximum atomic E-state index is 4.12. The molecular weight excluding hydrogens is 664 g/mol. The molecule has 0 aliphatic rings. The minimum atomic E-state index is -1.14. The molecule has 32 heavy (non-hydrogen) atoms. The molecule has 0 spiro atoms. The van der Waals surface area contributed by atoms with E-state index in [0.717, 1.165) is 9.37 Å². The molecule has 2 heterocycles. The first kappa shape index (κ1) is 26.2. The Labute approximate surface area is 229 Å². The summed E-state index contributed by atoms with van der Waals surface area (Å²) in [5.74, 6) is 0. The lowest BCUT2D eigenvalue weighted by Crippen LogP contribution is -2.34. The average Bonchev–Trinajstić information content (AvgIpc) is 3.37. The molecule has 0 saturated heterocycles. The fraction of sp³-hybridized carbons (Fsp3) is 0.120. The Morgan fingerprint density at radius 2 is 1.34 bits per heavy atom. The van der Waals surface area contributed by atoms with E-state index in [1.54, 1.807) is 15.8 Å². The van der Waals surface area contributed by atoms with E-state index in [1.807, 2.05) is 35.6 Å². The van der Waals surface area contributed by atoms with Gasteiger partial charge < -0.3 is 0 Å². The van der Waals surface area contributed by atoms with E-state index in [1.165, 1.54) is 29.1 Å². The van der Waals surface area contributed by atoms with Crippen LogP contribution in [0.15, 0.2) is 96.5 Å². The van der Waals surface area contributed by atoms with Crippen LogP contribution in [-0.2, 0) is 0 Å². The van der Waals surface area contributed by atoms with Crippen LogP contribution in [0.5, 0.6) is 0 Å². The topological polar surface area (TPSA) is 0 Å². The SMILES string of the molecule is Brc1cccc2sccc12.C[Si](C)(C)c1cc2c(Br)cccc2s1.Sc1cccc(Br)c1. The minimum Gasteiger partial charge on any atom is -0.145 e. The molecule has 2 aromatic heterocycles. The quantitative estimate of drug-likeness (QED) is 0.132. The summed E-state index contributed by atoms with van der Waals surface area (Å²) in [4.78, 5) is 0.986. The molecule has 0 atom stereocenters. The third-order valence-corrected chi connectivity index (χ3v) is 12.2. The number of rotatable bonds is 1. The Hall–Kier alpha value is -0.413. The van der Waals surface area contributed by atoms with Crippen molar-refractivity contribution in [2.45, 2.75) is 24.5 Å². The predicted octanol–water partition coefficient (Wildman–Crippen LogP) is 10.6. The van der Waals surface area contributed by atoms with Gasteiger partial charge in [-0.1, -0.05) is 85.6 Å². The van der Waals surface area contributed by atoms with Crippen molar-refractivity contribution in [2.24, 2.45) is 0 Å². The number of hydrogen-bond donors (Lipinski definition) is 1. The van der Waals surface area contributed by atoms with Gasteiger partial charge in [0.05, 0.1) is 8.07 Å². The molecular formula is C25H23Br3S3Si. The Bertz CT molecular complexity index is 1300. The number of thiol groups is 1. The van der Waals surface area contributed by atoms with Gasteiger partial charge in [-0.2, -0.15) is 0 Å². The summed E-state index contributed by atoms with van der Waals surface area (Å²) in [5, 5.41) is 4.79. The molecule has 0 aliphatic carbocycles. The van der Waals surface area contributed by atoms with Crippen LogP contribution in [0, 0.1) is 0 Å². The summed E-state index contributed by atoms with van der Waals surface area (Å²) < 4.78 is 7.80. The van der Waals surface area contributed by atoms with Gasteiger partial charge >= 0.3 is 0 Å². The van der Waals surface area contributed by atoms with Crippen molar-refractivity contribution in [3.8, 4) is 0 Å². The van der Waals surface area contributed by atoms with Crippen molar-refractivity contribution < 1.29 is 0 Å². The second-order valence-electron chi connectivity index (χ2n) is 8.06. The molecule has 0 radical (unpaired) electrons. The van der Waals surface area contributed by atoms with E-state index < -0.39 is 8.07 Å². The highest BCUT2D eigenvalue weighted by atomic mass is 79.9. The second kappa shape index (κ2) is 11.8. The first-order chi connectivity index (χ1) is 15.1. The molecule has 3 aromatic carbocycles. The van der Waals surface area contributed by atoms with Crippen molar-refractivity contribution in [2.75, 3.05) is 0 Å². The Morgan fingerprint density at radius 3 is 1.88 bits per heavy atom. The summed E-state index contributed by atoms with van der Waals surface area (Å²) in [6.07, 6.45) is 0.